The third-order valence-electron chi connectivity index (χ3n) is 8.31. The first-order valence-electron chi connectivity index (χ1n) is 12.2. The van der Waals surface area contributed by atoms with Crippen molar-refractivity contribution in [1.29, 1.82) is 0 Å². The molecule has 2 aliphatic heterocycles. The van der Waals surface area contributed by atoms with Crippen LogP contribution in [0.3, 0.4) is 0 Å². The molecular formula is C26H36N2O7S. The van der Waals surface area contributed by atoms with Gasteiger partial charge in [0.2, 0.25) is 0 Å². The van der Waals surface area contributed by atoms with E-state index < -0.39 is 46.9 Å². The quantitative estimate of drug-likeness (QED) is 0.296. The Morgan fingerprint density at radius 2 is 1.94 bits per heavy atom. The van der Waals surface area contributed by atoms with E-state index >= 15 is 0 Å². The number of carbonyl (C=O) groups is 3. The van der Waals surface area contributed by atoms with Gasteiger partial charge < -0.3 is 25.7 Å². The van der Waals surface area contributed by atoms with E-state index in [0.29, 0.717) is 12.0 Å². The van der Waals surface area contributed by atoms with Crippen LogP contribution in [-0.4, -0.2) is 66.5 Å². The molecule has 0 saturated carbocycles. The number of aliphatic hydroxyl groups is 1. The fourth-order valence-electron chi connectivity index (χ4n) is 6.52. The van der Waals surface area contributed by atoms with Gasteiger partial charge in [0.1, 0.15) is 5.92 Å². The molecule has 1 saturated heterocycles. The normalized spacial score (nSPS) is 28.4. The van der Waals surface area contributed by atoms with Gasteiger partial charge in [-0.15, -0.1) is 11.3 Å². The number of hydrogen-bond acceptors (Lipinski definition) is 7. The molecule has 10 heteroatoms. The highest BCUT2D eigenvalue weighted by Gasteiger charge is 2.63. The number of hydrogen-bond donors (Lipinski definition) is 5. The molecule has 1 aromatic rings. The summed E-state index contributed by atoms with van der Waals surface area (Å²) in [4.78, 5) is 40.1. The molecule has 0 bridgehead atoms. The molecule has 1 aromatic heterocycles. The zero-order valence-electron chi connectivity index (χ0n) is 21.2. The summed E-state index contributed by atoms with van der Waals surface area (Å²) in [6.45, 7) is 8.46. The van der Waals surface area contributed by atoms with E-state index in [2.05, 4.69) is 23.2 Å². The van der Waals surface area contributed by atoms with Crippen LogP contribution in [0.4, 0.5) is 0 Å². The lowest BCUT2D eigenvalue weighted by Gasteiger charge is -2.56. The number of rotatable bonds is 11. The molecule has 0 amide bonds. The van der Waals surface area contributed by atoms with Gasteiger partial charge in [0.25, 0.3) is 0 Å². The van der Waals surface area contributed by atoms with E-state index in [4.69, 9.17) is 0 Å². The lowest BCUT2D eigenvalue weighted by molar-refractivity contribution is -0.183. The molecule has 2 aliphatic rings. The Kier molecular flexibility index (Phi) is 7.74. The van der Waals surface area contributed by atoms with Crippen LogP contribution in [0.25, 0.3) is 0 Å². The Morgan fingerprint density at radius 1 is 1.25 bits per heavy atom. The average Bonchev–Trinajstić information content (AvgIpc) is 3.48. The maximum absolute atomic E-state index is 12.7. The molecule has 9 nitrogen and oxygen atoms in total. The van der Waals surface area contributed by atoms with Gasteiger partial charge in [0.05, 0.1) is 17.5 Å². The van der Waals surface area contributed by atoms with Gasteiger partial charge in [-0.3, -0.25) is 14.5 Å². The minimum absolute atomic E-state index is 0.287. The summed E-state index contributed by atoms with van der Waals surface area (Å²) in [7, 11) is 0. The molecule has 3 heterocycles. The summed E-state index contributed by atoms with van der Waals surface area (Å²) in [6.07, 6.45) is 7.04. The SMILES string of the molecule is CCC(C)(C1=CC=CNC1(C)C(C(=O)O)C(O)(CC(=O)O)C(=O)O)N1CCCC1(CC)c1cccs1. The van der Waals surface area contributed by atoms with Gasteiger partial charge >= 0.3 is 17.9 Å². The van der Waals surface area contributed by atoms with E-state index in [1.165, 1.54) is 11.1 Å². The fourth-order valence-corrected chi connectivity index (χ4v) is 7.56. The number of carboxylic acids is 3. The number of carboxylic acid groups (broad SMARTS) is 3. The van der Waals surface area contributed by atoms with Crippen LogP contribution in [0, 0.1) is 5.92 Å². The zero-order chi connectivity index (χ0) is 26.9. The van der Waals surface area contributed by atoms with E-state index in [1.54, 1.807) is 30.4 Å². The minimum Gasteiger partial charge on any atom is -0.481 e. The maximum Gasteiger partial charge on any atom is 0.337 e. The summed E-state index contributed by atoms with van der Waals surface area (Å²) in [5.74, 6) is -7.10. The second-order valence-electron chi connectivity index (χ2n) is 10.1. The summed E-state index contributed by atoms with van der Waals surface area (Å²) < 4.78 is 0. The van der Waals surface area contributed by atoms with Gasteiger partial charge in [-0.1, -0.05) is 26.0 Å². The van der Waals surface area contributed by atoms with Gasteiger partial charge in [0.15, 0.2) is 5.60 Å². The molecule has 5 unspecified atom stereocenters. The van der Waals surface area contributed by atoms with Crippen LogP contribution < -0.4 is 5.32 Å². The summed E-state index contributed by atoms with van der Waals surface area (Å²) in [5.41, 5.74) is -5.09. The van der Waals surface area contributed by atoms with Crippen molar-refractivity contribution in [3.63, 3.8) is 0 Å². The monoisotopic (exact) mass is 520 g/mol. The summed E-state index contributed by atoms with van der Waals surface area (Å²) in [6, 6.07) is 4.13. The fraction of sp³-hybridized carbons (Fsp3) is 0.577. The van der Waals surface area contributed by atoms with Gasteiger partial charge in [-0.05, 0) is 75.4 Å². The van der Waals surface area contributed by atoms with Crippen molar-refractivity contribution < 1.29 is 34.8 Å². The first-order chi connectivity index (χ1) is 16.8. The largest absolute Gasteiger partial charge is 0.481 e. The number of likely N-dealkylation sites (tertiary alicyclic amines) is 1. The summed E-state index contributed by atoms with van der Waals surface area (Å²) >= 11 is 1.68. The molecule has 0 aliphatic carbocycles. The highest BCUT2D eigenvalue weighted by atomic mass is 32.1. The average molecular weight is 521 g/mol. The van der Waals surface area contributed by atoms with Crippen LogP contribution >= 0.6 is 11.3 Å². The number of thiophene rings is 1. The Morgan fingerprint density at radius 3 is 2.44 bits per heavy atom. The highest BCUT2D eigenvalue weighted by molar-refractivity contribution is 7.10. The third-order valence-corrected chi connectivity index (χ3v) is 9.38. The molecule has 0 spiro atoms. The summed E-state index contributed by atoms with van der Waals surface area (Å²) in [5, 5.41) is 45.8. The predicted octanol–water partition coefficient (Wildman–Crippen LogP) is 3.41. The Hall–Kier alpha value is -2.69. The third kappa shape index (κ3) is 4.25. The number of nitrogens with one attached hydrogen (secondary N) is 1. The van der Waals surface area contributed by atoms with E-state index in [1.807, 2.05) is 25.3 Å². The number of allylic oxidation sites excluding steroid dienone is 2. The van der Waals surface area contributed by atoms with Crippen LogP contribution in [-0.2, 0) is 19.9 Å². The molecule has 5 N–H and O–H groups in total. The van der Waals surface area contributed by atoms with E-state index in [-0.39, 0.29) is 5.54 Å². The lowest BCUT2D eigenvalue weighted by Crippen LogP contribution is -2.69. The number of dihydropyridines is 1. The molecule has 0 aromatic carbocycles. The molecule has 3 rings (SSSR count). The molecule has 5 atom stereocenters. The van der Waals surface area contributed by atoms with Crippen molar-refractivity contribution in [3.8, 4) is 0 Å². The van der Waals surface area contributed by atoms with Crippen molar-refractivity contribution in [2.75, 3.05) is 6.54 Å². The Labute approximate surface area is 215 Å². The van der Waals surface area contributed by atoms with Crippen molar-refractivity contribution in [2.24, 2.45) is 5.92 Å². The van der Waals surface area contributed by atoms with Crippen molar-refractivity contribution >= 4 is 29.2 Å². The smallest absolute Gasteiger partial charge is 0.337 e. The van der Waals surface area contributed by atoms with Gasteiger partial charge in [-0.25, -0.2) is 4.79 Å². The Balaban J connectivity index is 2.22. The first-order valence-corrected chi connectivity index (χ1v) is 13.1. The highest BCUT2D eigenvalue weighted by Crippen LogP contribution is 2.53. The van der Waals surface area contributed by atoms with Crippen molar-refractivity contribution in [2.45, 2.75) is 82.0 Å². The molecule has 1 fully saturated rings. The van der Waals surface area contributed by atoms with Crippen LogP contribution in [0.15, 0.2) is 41.4 Å². The Bertz CT molecular complexity index is 1070. The predicted molar refractivity (Wildman–Crippen MR) is 136 cm³/mol. The maximum atomic E-state index is 12.7. The number of aliphatic carboxylic acids is 3. The van der Waals surface area contributed by atoms with Crippen LogP contribution in [0.5, 0.6) is 0 Å². The van der Waals surface area contributed by atoms with Crippen molar-refractivity contribution in [3.05, 3.63) is 46.3 Å². The minimum atomic E-state index is -3.06. The standard InChI is InChI=1S/C26H36N2O7S/c1-5-23(3,28-14-9-12-25(28,6-2)18-11-8-15-36-18)17-10-7-13-27-24(17,4)20(21(31)32)26(35,22(33)34)16-19(29)30/h7-8,10-11,13,15,20,27,35H,5-6,9,12,14,16H2,1-4H3,(H,29,30)(H,31,32)(H,33,34). The second-order valence-corrected chi connectivity index (χ2v) is 11.1. The van der Waals surface area contributed by atoms with Crippen LogP contribution in [0.1, 0.15) is 64.7 Å². The van der Waals surface area contributed by atoms with Gasteiger partial charge in [0, 0.05) is 10.4 Å². The van der Waals surface area contributed by atoms with Crippen LogP contribution in [0.2, 0.25) is 0 Å². The topological polar surface area (TPSA) is 147 Å². The van der Waals surface area contributed by atoms with E-state index in [9.17, 15) is 34.8 Å². The molecule has 198 valence electrons. The van der Waals surface area contributed by atoms with Gasteiger partial charge in [-0.2, -0.15) is 0 Å². The molecule has 0 radical (unpaired) electrons. The second kappa shape index (κ2) is 9.99. The molecular weight excluding hydrogens is 484 g/mol. The lowest BCUT2D eigenvalue weighted by atomic mass is 9.62. The molecule has 36 heavy (non-hydrogen) atoms. The van der Waals surface area contributed by atoms with E-state index in [0.717, 1.165) is 25.8 Å². The van der Waals surface area contributed by atoms with Crippen molar-refractivity contribution in [1.82, 2.24) is 10.2 Å². The number of nitrogens with zero attached hydrogens (tertiary/aromatic N) is 1. The first kappa shape index (κ1) is 27.9. The zero-order valence-corrected chi connectivity index (χ0v) is 22.0.